The zero-order chi connectivity index (χ0) is 11.6. The summed E-state index contributed by atoms with van der Waals surface area (Å²) in [5, 5.41) is 18.8. The molecule has 0 bridgehead atoms. The molecule has 0 aromatic heterocycles. The number of nitriles is 1. The van der Waals surface area contributed by atoms with Crippen molar-refractivity contribution >= 4 is 5.57 Å². The number of rotatable bonds is 1. The van der Waals surface area contributed by atoms with Crippen molar-refractivity contribution in [3.05, 3.63) is 54.1 Å². The summed E-state index contributed by atoms with van der Waals surface area (Å²) in [4.78, 5) is 0. The summed E-state index contributed by atoms with van der Waals surface area (Å²) in [6, 6.07) is 11.4. The van der Waals surface area contributed by atoms with Gasteiger partial charge in [-0.15, -0.1) is 0 Å². The lowest BCUT2D eigenvalue weighted by atomic mass is 9.87. The van der Waals surface area contributed by atoms with E-state index in [1.165, 1.54) is 6.08 Å². The van der Waals surface area contributed by atoms with Crippen molar-refractivity contribution in [2.45, 2.75) is 11.6 Å². The fourth-order valence-corrected chi connectivity index (χ4v) is 1.70. The minimum absolute atomic E-state index is 0.673. The molecule has 1 aliphatic rings. The predicted molar refractivity (Wildman–Crippen MR) is 62.1 cm³/mol. The predicted octanol–water partition coefficient (Wildman–Crippen LogP) is 1.22. The van der Waals surface area contributed by atoms with E-state index in [4.69, 9.17) is 11.0 Å². The van der Waals surface area contributed by atoms with Gasteiger partial charge in [0.05, 0.1) is 12.2 Å². The normalized spacial score (nSPS) is 28.3. The first-order chi connectivity index (χ1) is 7.64. The third-order valence-corrected chi connectivity index (χ3v) is 2.57. The molecule has 1 aliphatic carbocycles. The summed E-state index contributed by atoms with van der Waals surface area (Å²) in [5.74, 6) is 0. The summed E-state index contributed by atoms with van der Waals surface area (Å²) in [6.45, 7) is 0. The molecule has 2 atom stereocenters. The maximum atomic E-state index is 9.83. The van der Waals surface area contributed by atoms with E-state index in [0.717, 1.165) is 5.56 Å². The minimum Gasteiger partial charge on any atom is -0.384 e. The molecule has 80 valence electrons. The Morgan fingerprint density at radius 3 is 2.62 bits per heavy atom. The molecular weight excluding hydrogens is 200 g/mol. The SMILES string of the molecule is N#CC1(N)C=CC(O)C(c2ccccc2)=C1. The van der Waals surface area contributed by atoms with Gasteiger partial charge in [-0.1, -0.05) is 36.4 Å². The van der Waals surface area contributed by atoms with E-state index in [0.29, 0.717) is 5.57 Å². The molecule has 0 saturated carbocycles. The topological polar surface area (TPSA) is 70.0 Å². The second kappa shape index (κ2) is 3.93. The largest absolute Gasteiger partial charge is 0.384 e. The van der Waals surface area contributed by atoms with Gasteiger partial charge in [0, 0.05) is 0 Å². The Balaban J connectivity index is 2.45. The number of aliphatic hydroxyl groups excluding tert-OH is 1. The van der Waals surface area contributed by atoms with Gasteiger partial charge in [-0.2, -0.15) is 5.26 Å². The summed E-state index contributed by atoms with van der Waals surface area (Å²) in [7, 11) is 0. The zero-order valence-corrected chi connectivity index (χ0v) is 8.67. The monoisotopic (exact) mass is 212 g/mol. The van der Waals surface area contributed by atoms with Crippen LogP contribution in [0.1, 0.15) is 5.56 Å². The standard InChI is InChI=1S/C13H12N2O/c14-9-13(15)7-6-12(16)11(8-13)10-4-2-1-3-5-10/h1-8,12,16H,15H2. The number of benzene rings is 1. The minimum atomic E-state index is -1.12. The van der Waals surface area contributed by atoms with Crippen molar-refractivity contribution in [1.29, 1.82) is 5.26 Å². The van der Waals surface area contributed by atoms with Crippen LogP contribution in [0, 0.1) is 11.3 Å². The molecule has 2 unspecified atom stereocenters. The Morgan fingerprint density at radius 1 is 1.31 bits per heavy atom. The van der Waals surface area contributed by atoms with E-state index in [-0.39, 0.29) is 0 Å². The van der Waals surface area contributed by atoms with E-state index >= 15 is 0 Å². The smallest absolute Gasteiger partial charge is 0.142 e. The van der Waals surface area contributed by atoms with Crippen molar-refractivity contribution in [1.82, 2.24) is 0 Å². The Bertz CT molecular complexity index is 484. The second-order valence-electron chi connectivity index (χ2n) is 3.81. The van der Waals surface area contributed by atoms with E-state index < -0.39 is 11.6 Å². The first-order valence-corrected chi connectivity index (χ1v) is 5.00. The molecule has 3 N–H and O–H groups in total. The fraction of sp³-hybridized carbons (Fsp3) is 0.154. The van der Waals surface area contributed by atoms with Gasteiger partial charge in [0.15, 0.2) is 0 Å². The number of hydrogen-bond acceptors (Lipinski definition) is 3. The van der Waals surface area contributed by atoms with Gasteiger partial charge in [0.2, 0.25) is 0 Å². The van der Waals surface area contributed by atoms with Crippen LogP contribution >= 0.6 is 0 Å². The van der Waals surface area contributed by atoms with Gasteiger partial charge < -0.3 is 10.8 Å². The highest BCUT2D eigenvalue weighted by molar-refractivity contribution is 5.74. The number of nitrogens with zero attached hydrogens (tertiary/aromatic N) is 1. The summed E-state index contributed by atoms with van der Waals surface area (Å²) >= 11 is 0. The first kappa shape index (κ1) is 10.6. The van der Waals surface area contributed by atoms with E-state index in [1.807, 2.05) is 36.4 Å². The van der Waals surface area contributed by atoms with Crippen LogP contribution < -0.4 is 5.73 Å². The van der Waals surface area contributed by atoms with E-state index in [1.54, 1.807) is 12.2 Å². The Labute approximate surface area is 94.1 Å². The third kappa shape index (κ3) is 1.89. The van der Waals surface area contributed by atoms with Gasteiger partial charge >= 0.3 is 0 Å². The van der Waals surface area contributed by atoms with Crippen LogP contribution in [0.4, 0.5) is 0 Å². The molecule has 2 rings (SSSR count). The molecule has 3 nitrogen and oxygen atoms in total. The molecule has 0 aliphatic heterocycles. The van der Waals surface area contributed by atoms with Crippen LogP contribution in [0.25, 0.3) is 5.57 Å². The van der Waals surface area contributed by atoms with Gasteiger partial charge in [-0.25, -0.2) is 0 Å². The van der Waals surface area contributed by atoms with Crippen LogP contribution in [0.5, 0.6) is 0 Å². The Morgan fingerprint density at radius 2 is 2.00 bits per heavy atom. The molecule has 1 aromatic rings. The van der Waals surface area contributed by atoms with Crippen molar-refractivity contribution < 1.29 is 5.11 Å². The number of hydrogen-bond donors (Lipinski definition) is 2. The first-order valence-electron chi connectivity index (χ1n) is 5.00. The maximum Gasteiger partial charge on any atom is 0.142 e. The fourth-order valence-electron chi connectivity index (χ4n) is 1.70. The lowest BCUT2D eigenvalue weighted by molar-refractivity contribution is 0.277. The van der Waals surface area contributed by atoms with Crippen molar-refractivity contribution in [3.8, 4) is 6.07 Å². The maximum absolute atomic E-state index is 9.83. The van der Waals surface area contributed by atoms with Crippen LogP contribution in [-0.4, -0.2) is 16.7 Å². The van der Waals surface area contributed by atoms with E-state index in [2.05, 4.69) is 0 Å². The van der Waals surface area contributed by atoms with E-state index in [9.17, 15) is 5.11 Å². The third-order valence-electron chi connectivity index (χ3n) is 2.57. The van der Waals surface area contributed by atoms with Crippen molar-refractivity contribution in [2.75, 3.05) is 0 Å². The molecule has 16 heavy (non-hydrogen) atoms. The Kier molecular flexibility index (Phi) is 2.61. The summed E-state index contributed by atoms with van der Waals surface area (Å²) in [6.07, 6.45) is 3.97. The number of aliphatic hydroxyl groups is 1. The van der Waals surface area contributed by atoms with Gasteiger partial charge in [-0.3, -0.25) is 0 Å². The molecule has 3 heteroatoms. The number of nitrogens with two attached hydrogens (primary N) is 1. The average Bonchev–Trinajstić information content (AvgIpc) is 2.34. The van der Waals surface area contributed by atoms with Crippen LogP contribution in [0.3, 0.4) is 0 Å². The molecular formula is C13H12N2O. The van der Waals surface area contributed by atoms with Crippen molar-refractivity contribution in [3.63, 3.8) is 0 Å². The quantitative estimate of drug-likeness (QED) is 0.688. The highest BCUT2D eigenvalue weighted by Gasteiger charge is 2.26. The molecule has 1 aromatic carbocycles. The zero-order valence-electron chi connectivity index (χ0n) is 8.67. The average molecular weight is 212 g/mol. The molecule has 0 radical (unpaired) electrons. The highest BCUT2D eigenvalue weighted by atomic mass is 16.3. The summed E-state index contributed by atoms with van der Waals surface area (Å²) < 4.78 is 0. The van der Waals surface area contributed by atoms with Gasteiger partial charge in [0.25, 0.3) is 0 Å². The van der Waals surface area contributed by atoms with Crippen molar-refractivity contribution in [2.24, 2.45) is 5.73 Å². The molecule has 0 fully saturated rings. The van der Waals surface area contributed by atoms with Gasteiger partial charge in [0.1, 0.15) is 5.54 Å². The lowest BCUT2D eigenvalue weighted by Gasteiger charge is -2.23. The Hall–Kier alpha value is -1.89. The lowest BCUT2D eigenvalue weighted by Crippen LogP contribution is -2.36. The van der Waals surface area contributed by atoms with Gasteiger partial charge in [-0.05, 0) is 23.3 Å². The molecule has 0 heterocycles. The van der Waals surface area contributed by atoms with Crippen LogP contribution in [0.2, 0.25) is 0 Å². The van der Waals surface area contributed by atoms with Crippen LogP contribution in [0.15, 0.2) is 48.6 Å². The highest BCUT2D eigenvalue weighted by Crippen LogP contribution is 2.26. The second-order valence-corrected chi connectivity index (χ2v) is 3.81. The van der Waals surface area contributed by atoms with Crippen LogP contribution in [-0.2, 0) is 0 Å². The molecule has 0 amide bonds. The summed E-state index contributed by atoms with van der Waals surface area (Å²) in [5.41, 5.74) is 6.24. The molecule has 0 saturated heterocycles. The molecule has 0 spiro atoms.